The molecule has 0 amide bonds. The van der Waals surface area contributed by atoms with Crippen LogP contribution in [0.4, 0.5) is 16.0 Å². The van der Waals surface area contributed by atoms with Crippen molar-refractivity contribution in [2.45, 2.75) is 44.3 Å². The zero-order valence-corrected chi connectivity index (χ0v) is 21.5. The number of aromatic nitrogens is 6. The number of fused-ring (bicyclic) bond motifs is 2. The number of alkyl halides is 1. The van der Waals surface area contributed by atoms with E-state index in [2.05, 4.69) is 50.3 Å². The molecule has 8 nitrogen and oxygen atoms in total. The van der Waals surface area contributed by atoms with Crippen molar-refractivity contribution in [2.75, 3.05) is 23.7 Å². The molecule has 9 heteroatoms. The fourth-order valence-corrected chi connectivity index (χ4v) is 6.10. The number of anilines is 2. The number of benzene rings is 1. The molecule has 3 unspecified atom stereocenters. The lowest BCUT2D eigenvalue weighted by molar-refractivity contribution is 0.265. The monoisotopic (exact) mass is 510 g/mol. The highest BCUT2D eigenvalue weighted by Crippen LogP contribution is 2.43. The Balaban J connectivity index is 1.11. The third-order valence-corrected chi connectivity index (χ3v) is 8.30. The van der Waals surface area contributed by atoms with E-state index in [4.69, 9.17) is 10.7 Å². The Kier molecular flexibility index (Phi) is 5.52. The van der Waals surface area contributed by atoms with Gasteiger partial charge in [0.2, 0.25) is 0 Å². The lowest BCUT2D eigenvalue weighted by atomic mass is 9.97. The highest BCUT2D eigenvalue weighted by atomic mass is 19.1. The number of aryl methyl sites for hydroxylation is 2. The number of hydrogen-bond acceptors (Lipinski definition) is 6. The highest BCUT2D eigenvalue weighted by molar-refractivity contribution is 5.99. The second kappa shape index (κ2) is 9.08. The van der Waals surface area contributed by atoms with E-state index in [1.54, 1.807) is 4.68 Å². The smallest absolute Gasteiger partial charge is 0.146 e. The van der Waals surface area contributed by atoms with E-state index in [1.807, 2.05) is 30.1 Å². The average molecular weight is 511 g/mol. The molecule has 0 radical (unpaired) electrons. The minimum atomic E-state index is -0.944. The van der Waals surface area contributed by atoms with Crippen molar-refractivity contribution >= 4 is 33.6 Å². The summed E-state index contributed by atoms with van der Waals surface area (Å²) in [7, 11) is 1.87. The fraction of sp³-hybridized carbons (Fsp3) is 0.379. The second-order valence-electron chi connectivity index (χ2n) is 10.8. The summed E-state index contributed by atoms with van der Waals surface area (Å²) in [5.41, 5.74) is 10.9. The summed E-state index contributed by atoms with van der Waals surface area (Å²) in [6.07, 6.45) is 8.77. The molecule has 2 N–H and O–H groups in total. The van der Waals surface area contributed by atoms with Crippen molar-refractivity contribution in [2.24, 2.45) is 13.0 Å². The van der Waals surface area contributed by atoms with Crippen LogP contribution in [0, 0.1) is 5.92 Å². The first-order valence-corrected chi connectivity index (χ1v) is 13.4. The van der Waals surface area contributed by atoms with Crippen LogP contribution < -0.4 is 10.6 Å². The number of nitrogens with zero attached hydrogens (tertiary/aromatic N) is 7. The molecule has 0 bridgehead atoms. The SMILES string of the molecule is Cn1ccc(-c2cn(C3CC(CCc4ccc5ccc(N6CCC6)nc5c4)CC3F)c3ncnc(N)c23)n1. The number of rotatable bonds is 6. The second-order valence-corrected chi connectivity index (χ2v) is 10.8. The molecule has 1 aliphatic heterocycles. The van der Waals surface area contributed by atoms with Gasteiger partial charge in [-0.1, -0.05) is 12.1 Å². The average Bonchev–Trinajstić information content (AvgIpc) is 3.58. The molecule has 0 spiro atoms. The normalized spacial score (nSPS) is 21.4. The lowest BCUT2D eigenvalue weighted by Crippen LogP contribution is -2.37. The summed E-state index contributed by atoms with van der Waals surface area (Å²) < 4.78 is 19.2. The third kappa shape index (κ3) is 3.97. The van der Waals surface area contributed by atoms with Crippen molar-refractivity contribution in [1.82, 2.24) is 29.3 Å². The van der Waals surface area contributed by atoms with E-state index in [0.717, 1.165) is 65.7 Å². The van der Waals surface area contributed by atoms with Gasteiger partial charge in [0.05, 0.1) is 22.6 Å². The maximum Gasteiger partial charge on any atom is 0.146 e. The van der Waals surface area contributed by atoms with Gasteiger partial charge in [0.1, 0.15) is 29.8 Å². The Morgan fingerprint density at radius 3 is 2.74 bits per heavy atom. The largest absolute Gasteiger partial charge is 0.383 e. The van der Waals surface area contributed by atoms with Gasteiger partial charge in [-0.05, 0) is 67.9 Å². The highest BCUT2D eigenvalue weighted by Gasteiger charge is 2.37. The number of nitrogen functional groups attached to an aromatic ring is 1. The van der Waals surface area contributed by atoms with Crippen LogP contribution in [0.3, 0.4) is 0 Å². The van der Waals surface area contributed by atoms with Gasteiger partial charge in [-0.15, -0.1) is 0 Å². The molecule has 3 atom stereocenters. The Labute approximate surface area is 220 Å². The minimum absolute atomic E-state index is 0.286. The van der Waals surface area contributed by atoms with Gasteiger partial charge >= 0.3 is 0 Å². The molecular weight excluding hydrogens is 479 g/mol. The van der Waals surface area contributed by atoms with E-state index >= 15 is 4.39 Å². The van der Waals surface area contributed by atoms with Crippen LogP contribution in [0.25, 0.3) is 33.2 Å². The first kappa shape index (κ1) is 23.1. The summed E-state index contributed by atoms with van der Waals surface area (Å²) in [6.45, 7) is 2.17. The molecule has 1 saturated carbocycles. The molecule has 1 aromatic carbocycles. The number of pyridine rings is 1. The molecule has 1 aliphatic carbocycles. The van der Waals surface area contributed by atoms with Crippen LogP contribution >= 0.6 is 0 Å². The standard InChI is InChI=1S/C29H31FN8/c1-36-12-9-23(35-36)21-16-38(29-27(21)28(31)32-17-33-29)25-15-19(13-22(25)30)4-3-18-5-6-20-7-8-26(34-24(20)14-18)37-10-2-11-37/h5-9,12,14,16-17,19,22,25H,2-4,10-11,13,15H2,1H3,(H2,31,32,33). The minimum Gasteiger partial charge on any atom is -0.383 e. The predicted octanol–water partition coefficient (Wildman–Crippen LogP) is 5.09. The van der Waals surface area contributed by atoms with Crippen LogP contribution in [0.5, 0.6) is 0 Å². The molecule has 1 saturated heterocycles. The van der Waals surface area contributed by atoms with E-state index in [-0.39, 0.29) is 6.04 Å². The van der Waals surface area contributed by atoms with E-state index in [9.17, 15) is 0 Å². The van der Waals surface area contributed by atoms with Gasteiger partial charge < -0.3 is 15.2 Å². The van der Waals surface area contributed by atoms with Crippen LogP contribution in [-0.4, -0.2) is 48.6 Å². The predicted molar refractivity (Wildman–Crippen MR) is 148 cm³/mol. The summed E-state index contributed by atoms with van der Waals surface area (Å²) in [5, 5.41) is 6.44. The van der Waals surface area contributed by atoms with Crippen molar-refractivity contribution in [3.05, 3.63) is 60.7 Å². The fourth-order valence-electron chi connectivity index (χ4n) is 6.10. The molecule has 194 valence electrons. The third-order valence-electron chi connectivity index (χ3n) is 8.30. The zero-order chi connectivity index (χ0) is 25.8. The Bertz CT molecular complexity index is 1630. The van der Waals surface area contributed by atoms with Gasteiger partial charge in [-0.3, -0.25) is 4.68 Å². The molecule has 5 heterocycles. The van der Waals surface area contributed by atoms with E-state index < -0.39 is 6.17 Å². The number of hydrogen-bond donors (Lipinski definition) is 1. The maximum atomic E-state index is 15.5. The molecule has 2 fully saturated rings. The molecule has 7 rings (SSSR count). The van der Waals surface area contributed by atoms with Gasteiger partial charge in [0, 0.05) is 43.5 Å². The van der Waals surface area contributed by atoms with E-state index in [1.165, 1.54) is 18.3 Å². The van der Waals surface area contributed by atoms with Crippen molar-refractivity contribution in [3.63, 3.8) is 0 Å². The summed E-state index contributed by atoms with van der Waals surface area (Å²) in [4.78, 5) is 15.9. The quantitative estimate of drug-likeness (QED) is 0.342. The number of halogens is 1. The molecular formula is C29H31FN8. The maximum absolute atomic E-state index is 15.5. The Morgan fingerprint density at radius 2 is 1.95 bits per heavy atom. The molecule has 2 aliphatic rings. The molecule has 38 heavy (non-hydrogen) atoms. The molecule has 4 aromatic heterocycles. The van der Waals surface area contributed by atoms with Crippen molar-refractivity contribution in [3.8, 4) is 11.3 Å². The Morgan fingerprint density at radius 1 is 1.08 bits per heavy atom. The van der Waals surface area contributed by atoms with Crippen LogP contribution in [0.2, 0.25) is 0 Å². The topological polar surface area (TPSA) is 90.7 Å². The van der Waals surface area contributed by atoms with Gasteiger partial charge in [-0.25, -0.2) is 19.3 Å². The van der Waals surface area contributed by atoms with E-state index in [0.29, 0.717) is 23.8 Å². The lowest BCUT2D eigenvalue weighted by Gasteiger charge is -2.32. The summed E-state index contributed by atoms with van der Waals surface area (Å²) >= 11 is 0. The van der Waals surface area contributed by atoms with Crippen LogP contribution in [0.1, 0.15) is 37.3 Å². The first-order chi connectivity index (χ1) is 18.5. The van der Waals surface area contributed by atoms with Gasteiger partial charge in [0.25, 0.3) is 0 Å². The first-order valence-electron chi connectivity index (χ1n) is 13.4. The summed E-state index contributed by atoms with van der Waals surface area (Å²) in [6, 6.07) is 12.5. The van der Waals surface area contributed by atoms with Crippen molar-refractivity contribution < 1.29 is 4.39 Å². The van der Waals surface area contributed by atoms with Crippen LogP contribution in [0.15, 0.2) is 55.1 Å². The summed E-state index contributed by atoms with van der Waals surface area (Å²) in [5.74, 6) is 1.75. The Hall–Kier alpha value is -4.01. The van der Waals surface area contributed by atoms with Gasteiger partial charge in [-0.2, -0.15) is 5.10 Å². The molecule has 5 aromatic rings. The van der Waals surface area contributed by atoms with Crippen LogP contribution in [-0.2, 0) is 13.5 Å². The zero-order valence-electron chi connectivity index (χ0n) is 21.5. The number of nitrogens with two attached hydrogens (primary N) is 1. The van der Waals surface area contributed by atoms with Crippen molar-refractivity contribution in [1.29, 1.82) is 0 Å². The van der Waals surface area contributed by atoms with Gasteiger partial charge in [0.15, 0.2) is 0 Å².